The molecule has 2 rings (SSSR count). The third kappa shape index (κ3) is 2.63. The maximum atomic E-state index is 12.3. The largest absolute Gasteiger partial charge is 0.394 e. The molecule has 4 heteroatoms. The summed E-state index contributed by atoms with van der Waals surface area (Å²) in [6, 6.07) is 7.48. The molecule has 0 aliphatic carbocycles. The van der Waals surface area contributed by atoms with Gasteiger partial charge in [-0.15, -0.1) is 0 Å². The predicted octanol–water partition coefficient (Wildman–Crippen LogP) is 2.45. The molecule has 4 nitrogen and oxygen atoms in total. The van der Waals surface area contributed by atoms with Crippen molar-refractivity contribution < 1.29 is 9.90 Å². The lowest BCUT2D eigenvalue weighted by molar-refractivity contribution is 0.0818. The van der Waals surface area contributed by atoms with Crippen LogP contribution in [0.1, 0.15) is 37.0 Å². The average molecular weight is 260 g/mol. The molecule has 1 aromatic heterocycles. The van der Waals surface area contributed by atoms with E-state index in [0.29, 0.717) is 18.4 Å². The molecule has 0 saturated carbocycles. The van der Waals surface area contributed by atoms with Crippen LogP contribution in [-0.4, -0.2) is 28.1 Å². The van der Waals surface area contributed by atoms with Gasteiger partial charge in [0, 0.05) is 22.7 Å². The van der Waals surface area contributed by atoms with Crippen molar-refractivity contribution >= 4 is 16.8 Å². The zero-order valence-electron chi connectivity index (χ0n) is 11.4. The van der Waals surface area contributed by atoms with Gasteiger partial charge in [0.15, 0.2) is 0 Å². The lowest BCUT2D eigenvalue weighted by Crippen LogP contribution is -2.50. The number of benzene rings is 1. The Bertz CT molecular complexity index is 562. The van der Waals surface area contributed by atoms with Crippen LogP contribution in [0.4, 0.5) is 0 Å². The molecule has 1 aromatic carbocycles. The minimum atomic E-state index is -0.524. The van der Waals surface area contributed by atoms with Gasteiger partial charge in [-0.1, -0.05) is 13.8 Å². The number of fused-ring (bicyclic) bond motifs is 1. The van der Waals surface area contributed by atoms with Gasteiger partial charge in [-0.2, -0.15) is 0 Å². The summed E-state index contributed by atoms with van der Waals surface area (Å²) in [5.41, 5.74) is 1.10. The Morgan fingerprint density at radius 2 is 2.05 bits per heavy atom. The Kier molecular flexibility index (Phi) is 3.90. The smallest absolute Gasteiger partial charge is 0.251 e. The number of carbonyl (C=O) groups is 1. The highest BCUT2D eigenvalue weighted by molar-refractivity contribution is 5.98. The Balaban J connectivity index is 2.23. The molecule has 0 fully saturated rings. The summed E-state index contributed by atoms with van der Waals surface area (Å²) in [4.78, 5) is 15.4. The first-order valence-electron chi connectivity index (χ1n) is 6.64. The monoisotopic (exact) mass is 260 g/mol. The van der Waals surface area contributed by atoms with E-state index in [1.54, 1.807) is 6.07 Å². The molecular formula is C15H20N2O2. The number of aliphatic hydroxyl groups excluding tert-OH is 1. The van der Waals surface area contributed by atoms with E-state index >= 15 is 0 Å². The summed E-state index contributed by atoms with van der Waals surface area (Å²) in [7, 11) is 0. The number of aliphatic hydroxyl groups is 1. The van der Waals surface area contributed by atoms with Gasteiger partial charge in [0.1, 0.15) is 0 Å². The molecule has 0 unspecified atom stereocenters. The van der Waals surface area contributed by atoms with E-state index < -0.39 is 5.54 Å². The SMILES string of the molecule is CCC(CC)(CO)NC(=O)c1ccc2[nH]ccc2c1. The summed E-state index contributed by atoms with van der Waals surface area (Å²) >= 11 is 0. The van der Waals surface area contributed by atoms with Crippen LogP contribution in [0.5, 0.6) is 0 Å². The standard InChI is InChI=1S/C15H20N2O2/c1-3-15(4-2,10-18)17-14(19)12-5-6-13-11(9-12)7-8-16-13/h5-9,16,18H,3-4,10H2,1-2H3,(H,17,19). The maximum Gasteiger partial charge on any atom is 0.251 e. The van der Waals surface area contributed by atoms with Crippen molar-refractivity contribution in [3.8, 4) is 0 Å². The first-order chi connectivity index (χ1) is 9.14. The molecule has 102 valence electrons. The van der Waals surface area contributed by atoms with Crippen molar-refractivity contribution in [1.82, 2.24) is 10.3 Å². The van der Waals surface area contributed by atoms with Gasteiger partial charge in [0.25, 0.3) is 5.91 Å². The molecule has 1 heterocycles. The summed E-state index contributed by atoms with van der Waals surface area (Å²) in [6.45, 7) is 3.89. The number of aromatic amines is 1. The molecule has 19 heavy (non-hydrogen) atoms. The van der Waals surface area contributed by atoms with Crippen molar-refractivity contribution in [3.05, 3.63) is 36.0 Å². The minimum Gasteiger partial charge on any atom is -0.394 e. The molecule has 0 bridgehead atoms. The van der Waals surface area contributed by atoms with Gasteiger partial charge in [-0.05, 0) is 37.1 Å². The average Bonchev–Trinajstić information content (AvgIpc) is 2.92. The molecule has 0 radical (unpaired) electrons. The lowest BCUT2D eigenvalue weighted by Gasteiger charge is -2.30. The highest BCUT2D eigenvalue weighted by atomic mass is 16.3. The molecule has 3 N–H and O–H groups in total. The molecular weight excluding hydrogens is 240 g/mol. The summed E-state index contributed by atoms with van der Waals surface area (Å²) in [6.07, 6.45) is 3.26. The van der Waals surface area contributed by atoms with Crippen molar-refractivity contribution in [2.24, 2.45) is 0 Å². The van der Waals surface area contributed by atoms with Crippen LogP contribution in [0.2, 0.25) is 0 Å². The van der Waals surface area contributed by atoms with Crippen LogP contribution in [0.25, 0.3) is 10.9 Å². The highest BCUT2D eigenvalue weighted by Crippen LogP contribution is 2.18. The second-order valence-electron chi connectivity index (χ2n) is 4.88. The zero-order chi connectivity index (χ0) is 13.9. The van der Waals surface area contributed by atoms with Gasteiger partial charge in [0.2, 0.25) is 0 Å². The minimum absolute atomic E-state index is 0.0435. The van der Waals surface area contributed by atoms with Crippen LogP contribution in [-0.2, 0) is 0 Å². The number of hydrogen-bond donors (Lipinski definition) is 3. The van der Waals surface area contributed by atoms with Crippen molar-refractivity contribution in [3.63, 3.8) is 0 Å². The first-order valence-corrected chi connectivity index (χ1v) is 6.64. The Morgan fingerprint density at radius 3 is 2.68 bits per heavy atom. The highest BCUT2D eigenvalue weighted by Gasteiger charge is 2.27. The van der Waals surface area contributed by atoms with Gasteiger partial charge < -0.3 is 15.4 Å². The van der Waals surface area contributed by atoms with Crippen molar-refractivity contribution in [1.29, 1.82) is 0 Å². The van der Waals surface area contributed by atoms with E-state index in [0.717, 1.165) is 10.9 Å². The molecule has 0 aliphatic rings. The fourth-order valence-electron chi connectivity index (χ4n) is 2.20. The summed E-state index contributed by atoms with van der Waals surface area (Å²) < 4.78 is 0. The zero-order valence-corrected chi connectivity index (χ0v) is 11.4. The van der Waals surface area contributed by atoms with Crippen LogP contribution in [0.15, 0.2) is 30.5 Å². The Morgan fingerprint density at radius 1 is 1.32 bits per heavy atom. The number of carbonyl (C=O) groups excluding carboxylic acids is 1. The number of nitrogens with one attached hydrogen (secondary N) is 2. The Hall–Kier alpha value is -1.81. The number of aromatic nitrogens is 1. The predicted molar refractivity (Wildman–Crippen MR) is 76.2 cm³/mol. The second-order valence-corrected chi connectivity index (χ2v) is 4.88. The quantitative estimate of drug-likeness (QED) is 0.773. The molecule has 1 amide bonds. The summed E-state index contributed by atoms with van der Waals surface area (Å²) in [5.74, 6) is -0.138. The van der Waals surface area contributed by atoms with E-state index in [4.69, 9.17) is 0 Å². The van der Waals surface area contributed by atoms with E-state index in [2.05, 4.69) is 10.3 Å². The molecule has 0 atom stereocenters. The topological polar surface area (TPSA) is 65.1 Å². The second kappa shape index (κ2) is 5.45. The number of hydrogen-bond acceptors (Lipinski definition) is 2. The van der Waals surface area contributed by atoms with Gasteiger partial charge in [-0.3, -0.25) is 4.79 Å². The van der Waals surface area contributed by atoms with E-state index in [9.17, 15) is 9.90 Å². The normalized spacial score (nSPS) is 11.7. The fourth-order valence-corrected chi connectivity index (χ4v) is 2.20. The molecule has 2 aromatic rings. The molecule has 0 aliphatic heterocycles. The lowest BCUT2D eigenvalue weighted by atomic mass is 9.93. The molecule has 0 spiro atoms. The van der Waals surface area contributed by atoms with Gasteiger partial charge in [0.05, 0.1) is 12.1 Å². The van der Waals surface area contributed by atoms with E-state index in [1.165, 1.54) is 0 Å². The maximum absolute atomic E-state index is 12.3. The number of H-pyrrole nitrogens is 1. The van der Waals surface area contributed by atoms with Crippen LogP contribution in [0.3, 0.4) is 0 Å². The number of amides is 1. The summed E-state index contributed by atoms with van der Waals surface area (Å²) in [5, 5.41) is 13.5. The third-order valence-corrected chi connectivity index (χ3v) is 3.85. The van der Waals surface area contributed by atoms with Crippen LogP contribution in [0, 0.1) is 0 Å². The van der Waals surface area contributed by atoms with Crippen molar-refractivity contribution in [2.75, 3.05) is 6.61 Å². The fraction of sp³-hybridized carbons (Fsp3) is 0.400. The van der Waals surface area contributed by atoms with Crippen LogP contribution < -0.4 is 5.32 Å². The van der Waals surface area contributed by atoms with E-state index in [-0.39, 0.29) is 12.5 Å². The van der Waals surface area contributed by atoms with Gasteiger partial charge in [-0.25, -0.2) is 0 Å². The van der Waals surface area contributed by atoms with Gasteiger partial charge >= 0.3 is 0 Å². The van der Waals surface area contributed by atoms with E-state index in [1.807, 2.05) is 38.2 Å². The Labute approximate surface area is 112 Å². The third-order valence-electron chi connectivity index (χ3n) is 3.85. The molecule has 0 saturated heterocycles. The first kappa shape index (κ1) is 13.6. The number of rotatable bonds is 5. The van der Waals surface area contributed by atoms with Crippen molar-refractivity contribution in [2.45, 2.75) is 32.2 Å². The van der Waals surface area contributed by atoms with Crippen LogP contribution >= 0.6 is 0 Å².